The van der Waals surface area contributed by atoms with Gasteiger partial charge in [0.05, 0.1) is 19.6 Å². The quantitative estimate of drug-likeness (QED) is 0.561. The first-order valence-electron chi connectivity index (χ1n) is 3.06. The van der Waals surface area contributed by atoms with E-state index < -0.39 is 6.10 Å². The van der Waals surface area contributed by atoms with E-state index in [0.717, 1.165) is 5.06 Å². The molecule has 0 rings (SSSR count). The molecule has 0 aliphatic carbocycles. The summed E-state index contributed by atoms with van der Waals surface area (Å²) in [4.78, 5) is 15.4. The summed E-state index contributed by atoms with van der Waals surface area (Å²) >= 11 is 0. The largest absolute Gasteiger partial charge is 0.393 e. The Hall–Kier alpha value is -0.610. The molecule has 0 saturated heterocycles. The summed E-state index contributed by atoms with van der Waals surface area (Å²) in [5, 5.41) is 9.85. The van der Waals surface area contributed by atoms with Crippen LogP contribution in [0.2, 0.25) is 0 Å². The summed E-state index contributed by atoms with van der Waals surface area (Å²) in [6.45, 7) is 1.56. The number of amides is 1. The summed E-state index contributed by atoms with van der Waals surface area (Å²) < 4.78 is 0. The number of hydrogen-bond acceptors (Lipinski definition) is 3. The van der Waals surface area contributed by atoms with Crippen molar-refractivity contribution in [1.82, 2.24) is 5.06 Å². The molecule has 0 fully saturated rings. The normalized spacial score (nSPS) is 12.8. The smallest absolute Gasteiger partial charge is 0.248 e. The molecule has 0 bridgehead atoms. The van der Waals surface area contributed by atoms with Crippen molar-refractivity contribution in [3.05, 3.63) is 0 Å². The van der Waals surface area contributed by atoms with E-state index in [1.54, 1.807) is 6.92 Å². The van der Waals surface area contributed by atoms with E-state index in [0.29, 0.717) is 0 Å². The second-order valence-corrected chi connectivity index (χ2v) is 2.13. The van der Waals surface area contributed by atoms with Crippen LogP contribution in [-0.2, 0) is 9.63 Å². The van der Waals surface area contributed by atoms with E-state index in [1.807, 2.05) is 0 Å². The number of aliphatic hydroxyl groups excluding tert-OH is 1. The SMILES string of the molecule is CON(C)C(=O)C[C@@H](C)O. The molecule has 0 aliphatic heterocycles. The highest BCUT2D eigenvalue weighted by molar-refractivity contribution is 5.75. The maximum atomic E-state index is 10.8. The van der Waals surface area contributed by atoms with Crippen LogP contribution >= 0.6 is 0 Å². The van der Waals surface area contributed by atoms with Crippen molar-refractivity contribution < 1.29 is 14.7 Å². The van der Waals surface area contributed by atoms with E-state index >= 15 is 0 Å². The number of carbonyl (C=O) groups excluding carboxylic acids is 1. The lowest BCUT2D eigenvalue weighted by Gasteiger charge is -2.13. The Kier molecular flexibility index (Phi) is 3.99. The molecular formula is C6H13NO3. The molecule has 1 amide bonds. The third-order valence-electron chi connectivity index (χ3n) is 1.10. The first kappa shape index (κ1) is 9.39. The van der Waals surface area contributed by atoms with Crippen LogP contribution in [0.15, 0.2) is 0 Å². The van der Waals surface area contributed by atoms with Crippen LogP contribution in [0.3, 0.4) is 0 Å². The highest BCUT2D eigenvalue weighted by Crippen LogP contribution is 1.94. The molecule has 0 heterocycles. The lowest BCUT2D eigenvalue weighted by atomic mass is 10.3. The Bertz CT molecular complexity index is 114. The summed E-state index contributed by atoms with van der Waals surface area (Å²) in [6, 6.07) is 0. The number of rotatable bonds is 3. The van der Waals surface area contributed by atoms with Gasteiger partial charge in [0.2, 0.25) is 5.91 Å². The molecule has 0 aromatic heterocycles. The molecule has 0 aromatic carbocycles. The summed E-state index contributed by atoms with van der Waals surface area (Å²) in [7, 11) is 2.91. The van der Waals surface area contributed by atoms with Gasteiger partial charge in [0.15, 0.2) is 0 Å². The van der Waals surface area contributed by atoms with Crippen LogP contribution in [-0.4, -0.2) is 36.3 Å². The zero-order valence-corrected chi connectivity index (χ0v) is 6.50. The Morgan fingerprint density at radius 2 is 2.30 bits per heavy atom. The standard InChI is InChI=1S/C6H13NO3/c1-5(8)4-6(9)7(2)10-3/h5,8H,4H2,1-3H3/t5-/m1/s1. The highest BCUT2D eigenvalue weighted by Gasteiger charge is 2.09. The van der Waals surface area contributed by atoms with Crippen LogP contribution in [0.4, 0.5) is 0 Å². The van der Waals surface area contributed by atoms with Crippen molar-refractivity contribution in [1.29, 1.82) is 0 Å². The molecular weight excluding hydrogens is 134 g/mol. The minimum atomic E-state index is -0.606. The van der Waals surface area contributed by atoms with Gasteiger partial charge in [-0.1, -0.05) is 0 Å². The van der Waals surface area contributed by atoms with Gasteiger partial charge in [0.1, 0.15) is 0 Å². The molecule has 0 unspecified atom stereocenters. The highest BCUT2D eigenvalue weighted by atomic mass is 16.7. The van der Waals surface area contributed by atoms with Crippen LogP contribution in [0, 0.1) is 0 Å². The fourth-order valence-electron chi connectivity index (χ4n) is 0.483. The van der Waals surface area contributed by atoms with Crippen LogP contribution in [0.1, 0.15) is 13.3 Å². The monoisotopic (exact) mass is 147 g/mol. The summed E-state index contributed by atoms with van der Waals surface area (Å²) in [6.07, 6.45) is -0.505. The van der Waals surface area contributed by atoms with Crippen LogP contribution in [0.25, 0.3) is 0 Å². The zero-order valence-electron chi connectivity index (χ0n) is 6.50. The topological polar surface area (TPSA) is 49.8 Å². The van der Waals surface area contributed by atoms with Crippen molar-refractivity contribution >= 4 is 5.91 Å². The van der Waals surface area contributed by atoms with Gasteiger partial charge in [-0.2, -0.15) is 0 Å². The fourth-order valence-corrected chi connectivity index (χ4v) is 0.483. The Labute approximate surface area is 60.3 Å². The van der Waals surface area contributed by atoms with Crippen LogP contribution in [0.5, 0.6) is 0 Å². The lowest BCUT2D eigenvalue weighted by molar-refractivity contribution is -0.170. The molecule has 0 radical (unpaired) electrons. The average molecular weight is 147 g/mol. The van der Waals surface area contributed by atoms with E-state index in [1.165, 1.54) is 14.2 Å². The summed E-state index contributed by atoms with van der Waals surface area (Å²) in [5.41, 5.74) is 0. The second kappa shape index (κ2) is 4.24. The van der Waals surface area contributed by atoms with Crippen molar-refractivity contribution in [3.8, 4) is 0 Å². The molecule has 0 aliphatic rings. The van der Waals surface area contributed by atoms with Gasteiger partial charge in [0, 0.05) is 7.05 Å². The number of carbonyl (C=O) groups is 1. The van der Waals surface area contributed by atoms with E-state index in [-0.39, 0.29) is 12.3 Å². The molecule has 4 heteroatoms. The van der Waals surface area contributed by atoms with Gasteiger partial charge in [-0.25, -0.2) is 5.06 Å². The molecule has 1 atom stereocenters. The van der Waals surface area contributed by atoms with E-state index in [4.69, 9.17) is 5.11 Å². The third kappa shape index (κ3) is 3.42. The zero-order chi connectivity index (χ0) is 8.15. The maximum absolute atomic E-state index is 10.8. The molecule has 0 spiro atoms. The van der Waals surface area contributed by atoms with Crippen molar-refractivity contribution in [2.45, 2.75) is 19.4 Å². The first-order chi connectivity index (χ1) is 4.57. The van der Waals surface area contributed by atoms with Gasteiger partial charge in [-0.15, -0.1) is 0 Å². The Morgan fingerprint density at radius 3 is 2.60 bits per heavy atom. The van der Waals surface area contributed by atoms with Crippen molar-refractivity contribution in [2.75, 3.05) is 14.2 Å². The van der Waals surface area contributed by atoms with Gasteiger partial charge < -0.3 is 5.11 Å². The minimum absolute atomic E-state index is 0.102. The van der Waals surface area contributed by atoms with Crippen molar-refractivity contribution in [2.24, 2.45) is 0 Å². The lowest BCUT2D eigenvalue weighted by Crippen LogP contribution is -2.27. The number of aliphatic hydroxyl groups is 1. The summed E-state index contributed by atoms with van der Waals surface area (Å²) in [5.74, 6) is -0.225. The molecule has 10 heavy (non-hydrogen) atoms. The predicted octanol–water partition coefficient (Wildman–Crippen LogP) is -0.223. The van der Waals surface area contributed by atoms with Crippen molar-refractivity contribution in [3.63, 3.8) is 0 Å². The second-order valence-electron chi connectivity index (χ2n) is 2.13. The molecule has 1 N–H and O–H groups in total. The average Bonchev–Trinajstić information content (AvgIpc) is 1.85. The molecule has 60 valence electrons. The number of nitrogens with zero attached hydrogens (tertiary/aromatic N) is 1. The molecule has 4 nitrogen and oxygen atoms in total. The van der Waals surface area contributed by atoms with E-state index in [9.17, 15) is 4.79 Å². The first-order valence-corrected chi connectivity index (χ1v) is 3.06. The van der Waals surface area contributed by atoms with Crippen LogP contribution < -0.4 is 0 Å². The van der Waals surface area contributed by atoms with Gasteiger partial charge >= 0.3 is 0 Å². The number of hydrogen-bond donors (Lipinski definition) is 1. The maximum Gasteiger partial charge on any atom is 0.248 e. The minimum Gasteiger partial charge on any atom is -0.393 e. The Balaban J connectivity index is 3.62. The Morgan fingerprint density at radius 1 is 1.80 bits per heavy atom. The molecule has 0 aromatic rings. The fraction of sp³-hybridized carbons (Fsp3) is 0.833. The van der Waals surface area contributed by atoms with Gasteiger partial charge in [0.25, 0.3) is 0 Å². The third-order valence-corrected chi connectivity index (χ3v) is 1.10. The van der Waals surface area contributed by atoms with Gasteiger partial charge in [-0.05, 0) is 6.92 Å². The molecule has 0 saturated carbocycles. The van der Waals surface area contributed by atoms with E-state index in [2.05, 4.69) is 4.84 Å². The number of hydroxylamine groups is 2. The van der Waals surface area contributed by atoms with Gasteiger partial charge in [-0.3, -0.25) is 9.63 Å². The predicted molar refractivity (Wildman–Crippen MR) is 36.1 cm³/mol.